The monoisotopic (exact) mass is 249 g/mol. The molecule has 0 aromatic rings. The summed E-state index contributed by atoms with van der Waals surface area (Å²) < 4.78 is 38.9. The van der Waals surface area contributed by atoms with Crippen molar-refractivity contribution in [2.45, 2.75) is 32.5 Å². The lowest BCUT2D eigenvalue weighted by Gasteiger charge is -2.17. The Labute approximate surface area is 92.6 Å². The first-order chi connectivity index (χ1) is 6.28. The van der Waals surface area contributed by atoms with Gasteiger partial charge in [-0.05, 0) is 5.92 Å². The molecule has 0 spiro atoms. The molecule has 0 aliphatic rings. The van der Waals surface area contributed by atoms with Crippen LogP contribution in [0.4, 0.5) is 13.2 Å². The third-order valence-electron chi connectivity index (χ3n) is 1.91. The Balaban J connectivity index is 0. The average Bonchev–Trinajstić information content (AvgIpc) is 2.10. The van der Waals surface area contributed by atoms with Crippen molar-refractivity contribution in [3.05, 3.63) is 0 Å². The first kappa shape index (κ1) is 16.9. The topological polar surface area (TPSA) is 52.3 Å². The highest BCUT2D eigenvalue weighted by Crippen LogP contribution is 2.15. The van der Waals surface area contributed by atoms with Crippen LogP contribution in [0.15, 0.2) is 0 Å². The van der Waals surface area contributed by atoms with Crippen LogP contribution in [0.3, 0.4) is 0 Å². The summed E-state index contributed by atoms with van der Waals surface area (Å²) in [6.07, 6.45) is -3.88. The van der Waals surface area contributed by atoms with Gasteiger partial charge >= 0.3 is 12.1 Å². The SMILES string of the molecule is CC[C@H](C)[C@H](N)C(=O)OCC(F)(F)F.Cl. The number of esters is 1. The number of ether oxygens (including phenoxy) is 1. The van der Waals surface area contributed by atoms with Crippen LogP contribution in [-0.4, -0.2) is 24.8 Å². The van der Waals surface area contributed by atoms with Crippen LogP contribution in [0.2, 0.25) is 0 Å². The fraction of sp³-hybridized carbons (Fsp3) is 0.875. The summed E-state index contributed by atoms with van der Waals surface area (Å²) >= 11 is 0. The zero-order valence-corrected chi connectivity index (χ0v) is 9.32. The third kappa shape index (κ3) is 7.44. The summed E-state index contributed by atoms with van der Waals surface area (Å²) in [6, 6.07) is -0.984. The van der Waals surface area contributed by atoms with Gasteiger partial charge in [0, 0.05) is 0 Å². The van der Waals surface area contributed by atoms with Gasteiger partial charge in [0.2, 0.25) is 0 Å². The van der Waals surface area contributed by atoms with Crippen molar-refractivity contribution in [3.8, 4) is 0 Å². The maximum Gasteiger partial charge on any atom is 0.422 e. The van der Waals surface area contributed by atoms with Crippen LogP contribution in [0.5, 0.6) is 0 Å². The number of hydrogen-bond donors (Lipinski definition) is 1. The Morgan fingerprint density at radius 1 is 1.47 bits per heavy atom. The molecule has 0 aliphatic heterocycles. The number of hydrogen-bond acceptors (Lipinski definition) is 3. The fourth-order valence-electron chi connectivity index (χ4n) is 0.735. The number of carbonyl (C=O) groups is 1. The first-order valence-corrected chi connectivity index (χ1v) is 4.27. The number of rotatable bonds is 4. The van der Waals surface area contributed by atoms with E-state index in [0.29, 0.717) is 6.42 Å². The van der Waals surface area contributed by atoms with Crippen molar-refractivity contribution in [3.63, 3.8) is 0 Å². The third-order valence-corrected chi connectivity index (χ3v) is 1.91. The molecule has 2 atom stereocenters. The number of halogens is 4. The van der Waals surface area contributed by atoms with E-state index in [0.717, 1.165) is 0 Å². The maximum absolute atomic E-state index is 11.6. The second-order valence-corrected chi connectivity index (χ2v) is 3.13. The van der Waals surface area contributed by atoms with Crippen molar-refractivity contribution in [2.24, 2.45) is 11.7 Å². The molecule has 0 unspecified atom stereocenters. The molecule has 0 aromatic heterocycles. The van der Waals surface area contributed by atoms with Crippen molar-refractivity contribution in [1.29, 1.82) is 0 Å². The van der Waals surface area contributed by atoms with Crippen molar-refractivity contribution >= 4 is 18.4 Å². The molecule has 0 heterocycles. The molecule has 15 heavy (non-hydrogen) atoms. The lowest BCUT2D eigenvalue weighted by Crippen LogP contribution is -2.39. The zero-order valence-electron chi connectivity index (χ0n) is 8.50. The first-order valence-electron chi connectivity index (χ1n) is 4.27. The summed E-state index contributed by atoms with van der Waals surface area (Å²) in [5.74, 6) is -1.19. The van der Waals surface area contributed by atoms with Gasteiger partial charge in [0.1, 0.15) is 6.04 Å². The van der Waals surface area contributed by atoms with Gasteiger partial charge in [-0.1, -0.05) is 20.3 Å². The zero-order chi connectivity index (χ0) is 11.4. The Bertz CT molecular complexity index is 199. The Morgan fingerprint density at radius 3 is 2.27 bits per heavy atom. The van der Waals surface area contributed by atoms with Crippen LogP contribution < -0.4 is 5.73 Å². The molecular formula is C8H15ClF3NO2. The van der Waals surface area contributed by atoms with E-state index in [4.69, 9.17) is 5.73 Å². The molecule has 0 rings (SSSR count). The summed E-state index contributed by atoms with van der Waals surface area (Å²) in [5, 5.41) is 0. The quantitative estimate of drug-likeness (QED) is 0.774. The van der Waals surface area contributed by atoms with Gasteiger partial charge in [-0.2, -0.15) is 13.2 Å². The summed E-state index contributed by atoms with van der Waals surface area (Å²) in [4.78, 5) is 10.9. The van der Waals surface area contributed by atoms with Crippen molar-refractivity contribution < 1.29 is 22.7 Å². The lowest BCUT2D eigenvalue weighted by atomic mass is 10.0. The largest absolute Gasteiger partial charge is 0.455 e. The van der Waals surface area contributed by atoms with Crippen LogP contribution in [0.1, 0.15) is 20.3 Å². The Kier molecular flexibility index (Phi) is 7.78. The van der Waals surface area contributed by atoms with E-state index in [1.807, 2.05) is 0 Å². The molecule has 3 nitrogen and oxygen atoms in total. The van der Waals surface area contributed by atoms with Crippen LogP contribution in [0, 0.1) is 5.92 Å². The van der Waals surface area contributed by atoms with Gasteiger partial charge < -0.3 is 10.5 Å². The van der Waals surface area contributed by atoms with Gasteiger partial charge in [-0.15, -0.1) is 12.4 Å². The second-order valence-electron chi connectivity index (χ2n) is 3.13. The molecule has 0 aromatic carbocycles. The smallest absolute Gasteiger partial charge is 0.422 e. The van der Waals surface area contributed by atoms with Crippen LogP contribution >= 0.6 is 12.4 Å². The maximum atomic E-state index is 11.6. The minimum absolute atomic E-state index is 0. The highest BCUT2D eigenvalue weighted by atomic mass is 35.5. The normalized spacial score (nSPS) is 15.1. The molecular weight excluding hydrogens is 235 g/mol. The minimum Gasteiger partial charge on any atom is -0.455 e. The second kappa shape index (κ2) is 6.90. The van der Waals surface area contributed by atoms with Gasteiger partial charge in [0.05, 0.1) is 0 Å². The van der Waals surface area contributed by atoms with Gasteiger partial charge in [-0.3, -0.25) is 4.79 Å². The van der Waals surface area contributed by atoms with Gasteiger partial charge in [0.15, 0.2) is 6.61 Å². The predicted molar refractivity (Wildman–Crippen MR) is 51.7 cm³/mol. The van der Waals surface area contributed by atoms with E-state index in [2.05, 4.69) is 4.74 Å². The van der Waals surface area contributed by atoms with Crippen LogP contribution in [0.25, 0.3) is 0 Å². The molecule has 2 N–H and O–H groups in total. The van der Waals surface area contributed by atoms with E-state index >= 15 is 0 Å². The fourth-order valence-corrected chi connectivity index (χ4v) is 0.735. The van der Waals surface area contributed by atoms with Crippen molar-refractivity contribution in [1.82, 2.24) is 0 Å². The molecule has 0 amide bonds. The van der Waals surface area contributed by atoms with Gasteiger partial charge in [-0.25, -0.2) is 0 Å². The molecule has 0 saturated heterocycles. The minimum atomic E-state index is -4.50. The molecule has 0 saturated carbocycles. The van der Waals surface area contributed by atoms with Gasteiger partial charge in [0.25, 0.3) is 0 Å². The summed E-state index contributed by atoms with van der Waals surface area (Å²) in [5.41, 5.74) is 5.36. The van der Waals surface area contributed by atoms with E-state index < -0.39 is 24.8 Å². The van der Waals surface area contributed by atoms with Crippen LogP contribution in [-0.2, 0) is 9.53 Å². The molecule has 0 radical (unpaired) electrons. The molecule has 92 valence electrons. The summed E-state index contributed by atoms with van der Waals surface area (Å²) in [7, 11) is 0. The average molecular weight is 250 g/mol. The number of alkyl halides is 3. The summed E-state index contributed by atoms with van der Waals surface area (Å²) in [6.45, 7) is 1.90. The van der Waals surface area contributed by atoms with E-state index in [9.17, 15) is 18.0 Å². The highest BCUT2D eigenvalue weighted by Gasteiger charge is 2.31. The molecule has 0 fully saturated rings. The highest BCUT2D eigenvalue weighted by molar-refractivity contribution is 5.85. The Hall–Kier alpha value is -0.490. The number of nitrogens with two attached hydrogens (primary N) is 1. The standard InChI is InChI=1S/C8H14F3NO2.ClH/c1-3-5(2)6(12)7(13)14-4-8(9,10)11;/h5-6H,3-4,12H2,1-2H3;1H/t5-,6-;/m0./s1. The molecule has 7 heteroatoms. The van der Waals surface area contributed by atoms with E-state index in [-0.39, 0.29) is 18.3 Å². The van der Waals surface area contributed by atoms with E-state index in [1.54, 1.807) is 13.8 Å². The number of carbonyl (C=O) groups excluding carboxylic acids is 1. The molecule has 0 bridgehead atoms. The lowest BCUT2D eigenvalue weighted by molar-refractivity contribution is -0.187. The van der Waals surface area contributed by atoms with Crippen molar-refractivity contribution in [2.75, 3.05) is 6.61 Å². The molecule has 0 aliphatic carbocycles. The Morgan fingerprint density at radius 2 is 1.93 bits per heavy atom. The van der Waals surface area contributed by atoms with E-state index in [1.165, 1.54) is 0 Å². The predicted octanol–water partition coefficient (Wildman–Crippen LogP) is 1.89.